The summed E-state index contributed by atoms with van der Waals surface area (Å²) in [5.74, 6) is -0.997. The summed E-state index contributed by atoms with van der Waals surface area (Å²) in [6.45, 7) is 6.34. The van der Waals surface area contributed by atoms with Crippen LogP contribution in [0, 0.1) is 0 Å². The highest BCUT2D eigenvalue weighted by atomic mass is 16.6. The van der Waals surface area contributed by atoms with E-state index in [2.05, 4.69) is 69.4 Å². The molecule has 0 saturated heterocycles. The van der Waals surface area contributed by atoms with Crippen molar-refractivity contribution in [2.45, 2.75) is 207 Å². The van der Waals surface area contributed by atoms with Crippen LogP contribution in [0.1, 0.15) is 201 Å². The molecule has 0 aromatic heterocycles. The summed E-state index contributed by atoms with van der Waals surface area (Å²) in [5, 5.41) is 0. The summed E-state index contributed by atoms with van der Waals surface area (Å²) in [7, 11) is 0. The molecule has 0 heterocycles. The van der Waals surface area contributed by atoms with E-state index in [1.165, 1.54) is 77.0 Å². The first-order chi connectivity index (χ1) is 31.0. The summed E-state index contributed by atoms with van der Waals surface area (Å²) in [5.41, 5.74) is 0. The van der Waals surface area contributed by atoms with E-state index in [0.717, 1.165) is 83.5 Å². The minimum atomic E-state index is -0.812. The van der Waals surface area contributed by atoms with Crippen molar-refractivity contribution in [3.63, 3.8) is 0 Å². The number of allylic oxidation sites excluding steroid dienone is 20. The highest BCUT2D eigenvalue weighted by molar-refractivity contribution is 5.71. The standard InChI is InChI=1S/C57H90O6/c1-4-7-10-13-16-19-22-24-26-27-28-29-31-32-35-38-41-44-47-50-56(59)62-53-54(52-61-55(58)49-46-43-40-37-34-21-18-15-12-9-6-3)63-57(60)51-48-45-42-39-36-33-30-25-23-20-17-14-11-8-5-2/h7,10,13,15-16,18-24,26-29,31-32,34-35,54H,4-6,8-9,11-12,14,17,25,30,33,36-53H2,1-3H3/b10-7-,16-13-,18-15-,22-19-,23-20-,26-24-,28-27+,31-29-,34-21-,35-32-. The SMILES string of the molecule is CC\C=C/C=C\C=C/C=C\C=C\C=C/C=C\CCCCCC(=O)OCC(COC(=O)CCCCC/C=C\C=C/CCCC)OC(=O)CCCCCCCCC/C=C\CCCCCC. The van der Waals surface area contributed by atoms with Gasteiger partial charge in [-0.2, -0.15) is 0 Å². The van der Waals surface area contributed by atoms with Gasteiger partial charge in [0, 0.05) is 19.3 Å². The van der Waals surface area contributed by atoms with Gasteiger partial charge in [0.2, 0.25) is 0 Å². The Bertz CT molecular complexity index is 1370. The number of rotatable bonds is 43. The number of carbonyl (C=O) groups is 3. The summed E-state index contributed by atoms with van der Waals surface area (Å²) >= 11 is 0. The van der Waals surface area contributed by atoms with Gasteiger partial charge in [-0.05, 0) is 83.5 Å². The van der Waals surface area contributed by atoms with E-state index in [1.54, 1.807) is 0 Å². The lowest BCUT2D eigenvalue weighted by Crippen LogP contribution is -2.30. The van der Waals surface area contributed by atoms with Gasteiger partial charge in [0.15, 0.2) is 6.10 Å². The Kier molecular flexibility index (Phi) is 47.1. The van der Waals surface area contributed by atoms with Gasteiger partial charge < -0.3 is 14.2 Å². The van der Waals surface area contributed by atoms with Gasteiger partial charge in [-0.3, -0.25) is 14.4 Å². The first-order valence-corrected chi connectivity index (χ1v) is 25.2. The van der Waals surface area contributed by atoms with Crippen LogP contribution in [0.3, 0.4) is 0 Å². The zero-order chi connectivity index (χ0) is 45.8. The molecule has 0 rings (SSSR count). The molecular formula is C57H90O6. The normalized spacial score (nSPS) is 13.1. The molecule has 1 atom stereocenters. The van der Waals surface area contributed by atoms with Gasteiger partial charge in [0.25, 0.3) is 0 Å². The monoisotopic (exact) mass is 871 g/mol. The van der Waals surface area contributed by atoms with Gasteiger partial charge in [0.05, 0.1) is 0 Å². The summed E-state index contributed by atoms with van der Waals surface area (Å²) in [6.07, 6.45) is 68.9. The van der Waals surface area contributed by atoms with Crippen LogP contribution >= 0.6 is 0 Å². The topological polar surface area (TPSA) is 78.9 Å². The van der Waals surface area contributed by atoms with Crippen LogP contribution in [0.25, 0.3) is 0 Å². The Balaban J connectivity index is 4.53. The number of ether oxygens (including phenoxy) is 3. The highest BCUT2D eigenvalue weighted by Gasteiger charge is 2.19. The van der Waals surface area contributed by atoms with E-state index in [0.29, 0.717) is 19.3 Å². The Morgan fingerprint density at radius 3 is 1.10 bits per heavy atom. The second kappa shape index (κ2) is 50.5. The molecule has 0 aliphatic rings. The Morgan fingerprint density at radius 1 is 0.333 bits per heavy atom. The van der Waals surface area contributed by atoms with Crippen LogP contribution in [-0.4, -0.2) is 37.2 Å². The maximum Gasteiger partial charge on any atom is 0.306 e. The van der Waals surface area contributed by atoms with Crippen LogP contribution in [0.15, 0.2) is 122 Å². The second-order valence-corrected chi connectivity index (χ2v) is 16.2. The van der Waals surface area contributed by atoms with Gasteiger partial charge in [-0.25, -0.2) is 0 Å². The molecule has 354 valence electrons. The van der Waals surface area contributed by atoms with Gasteiger partial charge >= 0.3 is 17.9 Å². The van der Waals surface area contributed by atoms with Crippen molar-refractivity contribution in [3.8, 4) is 0 Å². The van der Waals surface area contributed by atoms with E-state index in [4.69, 9.17) is 14.2 Å². The third-order valence-electron chi connectivity index (χ3n) is 10.1. The number of esters is 3. The summed E-state index contributed by atoms with van der Waals surface area (Å²) in [4.78, 5) is 37.9. The molecule has 63 heavy (non-hydrogen) atoms. The van der Waals surface area contributed by atoms with Crippen LogP contribution in [0.5, 0.6) is 0 Å². The fraction of sp³-hybridized carbons (Fsp3) is 0.596. The maximum atomic E-state index is 12.8. The minimum Gasteiger partial charge on any atom is -0.462 e. The molecule has 0 aliphatic carbocycles. The van der Waals surface area contributed by atoms with E-state index in [-0.39, 0.29) is 31.1 Å². The molecule has 0 spiro atoms. The van der Waals surface area contributed by atoms with Crippen LogP contribution in [0.2, 0.25) is 0 Å². The molecular weight excluding hydrogens is 781 g/mol. The molecule has 0 aliphatic heterocycles. The Morgan fingerprint density at radius 2 is 0.651 bits per heavy atom. The van der Waals surface area contributed by atoms with Crippen molar-refractivity contribution < 1.29 is 28.6 Å². The zero-order valence-electron chi connectivity index (χ0n) is 40.3. The van der Waals surface area contributed by atoms with Crippen molar-refractivity contribution in [3.05, 3.63) is 122 Å². The van der Waals surface area contributed by atoms with Gasteiger partial charge in [0.1, 0.15) is 13.2 Å². The smallest absolute Gasteiger partial charge is 0.306 e. The fourth-order valence-corrected chi connectivity index (χ4v) is 6.34. The number of hydrogen-bond donors (Lipinski definition) is 0. The lowest BCUT2D eigenvalue weighted by molar-refractivity contribution is -0.167. The van der Waals surface area contributed by atoms with Crippen molar-refractivity contribution in [1.29, 1.82) is 0 Å². The molecule has 0 bridgehead atoms. The first-order valence-electron chi connectivity index (χ1n) is 25.2. The second-order valence-electron chi connectivity index (χ2n) is 16.2. The minimum absolute atomic E-state index is 0.112. The maximum absolute atomic E-state index is 12.8. The lowest BCUT2D eigenvalue weighted by atomic mass is 10.1. The molecule has 0 saturated carbocycles. The number of unbranched alkanes of at least 4 members (excludes halogenated alkanes) is 19. The summed E-state index contributed by atoms with van der Waals surface area (Å²) < 4.78 is 16.7. The van der Waals surface area contributed by atoms with Gasteiger partial charge in [-0.15, -0.1) is 0 Å². The van der Waals surface area contributed by atoms with Crippen LogP contribution in [-0.2, 0) is 28.6 Å². The number of hydrogen-bond acceptors (Lipinski definition) is 6. The van der Waals surface area contributed by atoms with E-state index in [9.17, 15) is 14.4 Å². The zero-order valence-corrected chi connectivity index (χ0v) is 40.3. The van der Waals surface area contributed by atoms with Crippen molar-refractivity contribution in [2.75, 3.05) is 13.2 Å². The molecule has 0 fully saturated rings. The van der Waals surface area contributed by atoms with Crippen molar-refractivity contribution in [1.82, 2.24) is 0 Å². The van der Waals surface area contributed by atoms with E-state index in [1.807, 2.05) is 72.9 Å². The third kappa shape index (κ3) is 48.7. The third-order valence-corrected chi connectivity index (χ3v) is 10.1. The quantitative estimate of drug-likeness (QED) is 0.0200. The average Bonchev–Trinajstić information content (AvgIpc) is 3.28. The van der Waals surface area contributed by atoms with E-state index >= 15 is 0 Å². The van der Waals surface area contributed by atoms with Crippen molar-refractivity contribution in [2.24, 2.45) is 0 Å². The molecule has 0 aromatic rings. The summed E-state index contributed by atoms with van der Waals surface area (Å²) in [6, 6.07) is 0. The molecule has 0 N–H and O–H groups in total. The van der Waals surface area contributed by atoms with E-state index < -0.39 is 6.10 Å². The predicted molar refractivity (Wildman–Crippen MR) is 269 cm³/mol. The molecule has 0 aromatic carbocycles. The molecule has 6 heteroatoms. The molecule has 1 unspecified atom stereocenters. The Labute approximate surface area is 386 Å². The van der Waals surface area contributed by atoms with Crippen LogP contribution < -0.4 is 0 Å². The number of carbonyl (C=O) groups excluding carboxylic acids is 3. The lowest BCUT2D eigenvalue weighted by Gasteiger charge is -2.18. The van der Waals surface area contributed by atoms with Crippen molar-refractivity contribution >= 4 is 17.9 Å². The fourth-order valence-electron chi connectivity index (χ4n) is 6.34. The molecule has 0 amide bonds. The first kappa shape index (κ1) is 58.8. The molecule has 6 nitrogen and oxygen atoms in total. The van der Waals surface area contributed by atoms with Gasteiger partial charge in [-0.1, -0.05) is 219 Å². The Hall–Kier alpha value is -4.19. The van der Waals surface area contributed by atoms with Crippen LogP contribution in [0.4, 0.5) is 0 Å². The predicted octanol–water partition coefficient (Wildman–Crippen LogP) is 16.5. The highest BCUT2D eigenvalue weighted by Crippen LogP contribution is 2.13. The largest absolute Gasteiger partial charge is 0.462 e. The average molecular weight is 871 g/mol. The molecule has 0 radical (unpaired) electrons.